The molecule has 0 aromatic heterocycles. The fourth-order valence-corrected chi connectivity index (χ4v) is 12.4. The van der Waals surface area contributed by atoms with Crippen LogP contribution in [0.25, 0.3) is 0 Å². The molecule has 0 fully saturated rings. The average molecular weight is 531 g/mol. The molecule has 2 rings (SSSR count). The summed E-state index contributed by atoms with van der Waals surface area (Å²) >= 11 is -4.17. The fraction of sp³-hybridized carbons (Fsp3) is 0.333. The molecule has 164 valence electrons. The van der Waals surface area contributed by atoms with Gasteiger partial charge in [-0.05, 0) is 0 Å². The third kappa shape index (κ3) is 7.94. The van der Waals surface area contributed by atoms with Crippen molar-refractivity contribution in [2.24, 2.45) is 0 Å². The number of carbonyl (C=O) groups is 4. The zero-order chi connectivity index (χ0) is 22.7. The molecule has 0 N–H and O–H groups in total. The molecule has 2 aromatic carbocycles. The second kappa shape index (κ2) is 12.4. The number of Topliss-reactive ketones (excluding diaryl/α,β-unsaturated/α-hetero) is 2. The molecule has 6 nitrogen and oxygen atoms in total. The van der Waals surface area contributed by atoms with Gasteiger partial charge in [0.15, 0.2) is 0 Å². The molecular formula is C24H28O6Sn. The molecule has 0 amide bonds. The van der Waals surface area contributed by atoms with E-state index in [0.29, 0.717) is 32.8 Å². The Labute approximate surface area is 187 Å². The molecule has 0 atom stereocenters. The second-order valence-corrected chi connectivity index (χ2v) is 16.5. The van der Waals surface area contributed by atoms with Crippen molar-refractivity contribution < 1.29 is 25.3 Å². The SMILES string of the molecule is CC[CH2][Sn]([CH2]CC)([O]C(=O)CC(=O)c1ccccc1)[O]C(=O)CC(=O)c1ccccc1. The van der Waals surface area contributed by atoms with E-state index in [4.69, 9.17) is 6.15 Å². The van der Waals surface area contributed by atoms with E-state index in [9.17, 15) is 19.2 Å². The Kier molecular flexibility index (Phi) is 9.91. The maximum atomic E-state index is 12.6. The van der Waals surface area contributed by atoms with Crippen molar-refractivity contribution in [1.29, 1.82) is 0 Å². The third-order valence-corrected chi connectivity index (χ3v) is 15.3. The Hall–Kier alpha value is -2.48. The Balaban J connectivity index is 2.07. The van der Waals surface area contributed by atoms with Crippen LogP contribution in [0.4, 0.5) is 0 Å². The van der Waals surface area contributed by atoms with Crippen LogP contribution in [0.3, 0.4) is 0 Å². The van der Waals surface area contributed by atoms with E-state index in [1.807, 2.05) is 13.8 Å². The van der Waals surface area contributed by atoms with Crippen LogP contribution in [0.1, 0.15) is 60.2 Å². The van der Waals surface area contributed by atoms with Crippen LogP contribution < -0.4 is 0 Å². The van der Waals surface area contributed by atoms with Crippen molar-refractivity contribution in [2.45, 2.75) is 48.4 Å². The summed E-state index contributed by atoms with van der Waals surface area (Å²) in [6, 6.07) is 17.0. The van der Waals surface area contributed by atoms with E-state index in [-0.39, 0.29) is 11.6 Å². The van der Waals surface area contributed by atoms with Crippen LogP contribution in [0.2, 0.25) is 8.87 Å². The van der Waals surface area contributed by atoms with Crippen LogP contribution in [0, 0.1) is 0 Å². The number of benzene rings is 2. The van der Waals surface area contributed by atoms with E-state index in [1.165, 1.54) is 0 Å². The van der Waals surface area contributed by atoms with E-state index < -0.39 is 44.0 Å². The van der Waals surface area contributed by atoms with Crippen LogP contribution in [0.15, 0.2) is 60.7 Å². The second-order valence-electron chi connectivity index (χ2n) is 7.29. The average Bonchev–Trinajstić information content (AvgIpc) is 2.75. The third-order valence-electron chi connectivity index (χ3n) is 4.66. The van der Waals surface area contributed by atoms with Gasteiger partial charge in [-0.1, -0.05) is 0 Å². The fourth-order valence-electron chi connectivity index (χ4n) is 3.31. The first-order valence-electron chi connectivity index (χ1n) is 10.5. The maximum absolute atomic E-state index is 12.6. The Morgan fingerprint density at radius 2 is 1.00 bits per heavy atom. The van der Waals surface area contributed by atoms with Gasteiger partial charge in [0.05, 0.1) is 0 Å². The predicted octanol–water partition coefficient (Wildman–Crippen LogP) is 4.88. The van der Waals surface area contributed by atoms with Crippen LogP contribution in [-0.2, 0) is 15.7 Å². The first kappa shape index (κ1) is 24.8. The summed E-state index contributed by atoms with van der Waals surface area (Å²) in [5.41, 5.74) is 0.855. The molecule has 0 aliphatic carbocycles. The Bertz CT molecular complexity index is 819. The summed E-state index contributed by atoms with van der Waals surface area (Å²) in [5.74, 6) is -2.03. The number of hydrogen-bond acceptors (Lipinski definition) is 6. The van der Waals surface area contributed by atoms with Gasteiger partial charge in [-0.2, -0.15) is 0 Å². The van der Waals surface area contributed by atoms with Gasteiger partial charge in [0.2, 0.25) is 0 Å². The molecule has 0 aliphatic rings. The molecule has 2 aromatic rings. The van der Waals surface area contributed by atoms with Crippen molar-refractivity contribution >= 4 is 42.7 Å². The van der Waals surface area contributed by atoms with Gasteiger partial charge < -0.3 is 0 Å². The molecule has 31 heavy (non-hydrogen) atoms. The van der Waals surface area contributed by atoms with Gasteiger partial charge in [-0.15, -0.1) is 0 Å². The number of rotatable bonds is 12. The van der Waals surface area contributed by atoms with Gasteiger partial charge in [0.25, 0.3) is 0 Å². The predicted molar refractivity (Wildman–Crippen MR) is 119 cm³/mol. The van der Waals surface area contributed by atoms with E-state index in [0.717, 1.165) is 0 Å². The molecule has 0 saturated heterocycles. The summed E-state index contributed by atoms with van der Waals surface area (Å²) in [6.07, 6.45) is 0.541. The van der Waals surface area contributed by atoms with E-state index in [2.05, 4.69) is 0 Å². The van der Waals surface area contributed by atoms with E-state index in [1.54, 1.807) is 60.7 Å². The normalized spacial score (nSPS) is 10.9. The molecule has 0 spiro atoms. The molecule has 0 saturated carbocycles. The van der Waals surface area contributed by atoms with Crippen molar-refractivity contribution in [3.05, 3.63) is 71.8 Å². The van der Waals surface area contributed by atoms with Gasteiger partial charge >= 0.3 is 188 Å². The van der Waals surface area contributed by atoms with Gasteiger partial charge in [-0.25, -0.2) is 0 Å². The van der Waals surface area contributed by atoms with Crippen molar-refractivity contribution in [1.82, 2.24) is 0 Å². The number of ketones is 2. The zero-order valence-electron chi connectivity index (χ0n) is 18.0. The standard InChI is InChI=1S/2C9H8O3.2C3H7.Sn/c2*10-8(6-9(11)12)7-4-2-1-3-5-7;2*1-3-2;/h2*1-5H,6H2,(H,11,12);2*1,3H2,2H3;/q;;;;+2/p-2. The van der Waals surface area contributed by atoms with Crippen LogP contribution in [-0.4, -0.2) is 42.7 Å². The topological polar surface area (TPSA) is 86.7 Å². The van der Waals surface area contributed by atoms with E-state index >= 15 is 0 Å². The number of hydrogen-bond donors (Lipinski definition) is 0. The first-order chi connectivity index (χ1) is 14.9. The first-order valence-corrected chi connectivity index (χ1v) is 16.9. The van der Waals surface area contributed by atoms with Crippen LogP contribution in [0.5, 0.6) is 0 Å². The summed E-state index contributed by atoms with van der Waals surface area (Å²) in [4.78, 5) is 49.8. The summed E-state index contributed by atoms with van der Waals surface area (Å²) in [6.45, 7) is 3.85. The quantitative estimate of drug-likeness (QED) is 0.221. The van der Waals surface area contributed by atoms with Crippen molar-refractivity contribution in [3.8, 4) is 0 Å². The molecule has 0 radical (unpaired) electrons. The minimum atomic E-state index is -4.17. The van der Waals surface area contributed by atoms with Gasteiger partial charge in [0, 0.05) is 0 Å². The molecular weight excluding hydrogens is 503 g/mol. The zero-order valence-corrected chi connectivity index (χ0v) is 20.8. The molecule has 0 unspecified atom stereocenters. The van der Waals surface area contributed by atoms with Crippen molar-refractivity contribution in [2.75, 3.05) is 0 Å². The molecule has 0 bridgehead atoms. The van der Waals surface area contributed by atoms with Crippen LogP contribution >= 0.6 is 0 Å². The van der Waals surface area contributed by atoms with Gasteiger partial charge in [-0.3, -0.25) is 0 Å². The minimum absolute atomic E-state index is 0.343. The van der Waals surface area contributed by atoms with Crippen molar-refractivity contribution in [3.63, 3.8) is 0 Å². The molecule has 0 aliphatic heterocycles. The number of carbonyl (C=O) groups excluding carboxylic acids is 4. The summed E-state index contributed by atoms with van der Waals surface area (Å²) in [7, 11) is 0. The Morgan fingerprint density at radius 1 is 0.645 bits per heavy atom. The van der Waals surface area contributed by atoms with Gasteiger partial charge in [0.1, 0.15) is 0 Å². The molecule has 7 heteroatoms. The Morgan fingerprint density at radius 3 is 1.32 bits per heavy atom. The monoisotopic (exact) mass is 532 g/mol. The molecule has 0 heterocycles. The summed E-state index contributed by atoms with van der Waals surface area (Å²) in [5, 5.41) is 0. The summed E-state index contributed by atoms with van der Waals surface area (Å²) < 4.78 is 12.5.